The number of nitrogens with one attached hydrogen (secondary N) is 1. The van der Waals surface area contributed by atoms with Gasteiger partial charge in [0.15, 0.2) is 11.5 Å². The van der Waals surface area contributed by atoms with Crippen LogP contribution in [0.3, 0.4) is 0 Å². The summed E-state index contributed by atoms with van der Waals surface area (Å²) < 4.78 is 11.4. The molecule has 0 radical (unpaired) electrons. The first-order valence-corrected chi connectivity index (χ1v) is 8.51. The lowest BCUT2D eigenvalue weighted by Crippen LogP contribution is -2.15. The summed E-state index contributed by atoms with van der Waals surface area (Å²) in [5.74, 6) is 2.79. The Bertz CT molecular complexity index is 441. The molecule has 0 bridgehead atoms. The maximum atomic E-state index is 5.73. The number of fused-ring (bicyclic) bond motifs is 1. The van der Waals surface area contributed by atoms with Crippen molar-refractivity contribution in [3.8, 4) is 11.5 Å². The van der Waals surface area contributed by atoms with Gasteiger partial charge in [0.05, 0.1) is 13.2 Å². The predicted octanol–water partition coefficient (Wildman–Crippen LogP) is 3.91. The molecule has 3 heteroatoms. The number of rotatable bonds is 6. The molecule has 0 atom stereocenters. The van der Waals surface area contributed by atoms with Crippen molar-refractivity contribution in [3.63, 3.8) is 0 Å². The van der Waals surface area contributed by atoms with Crippen molar-refractivity contribution in [1.29, 1.82) is 0 Å². The summed E-state index contributed by atoms with van der Waals surface area (Å²) in [6, 6.07) is 6.29. The van der Waals surface area contributed by atoms with Crippen molar-refractivity contribution < 1.29 is 9.47 Å². The third-order valence-corrected chi connectivity index (χ3v) is 4.58. The van der Waals surface area contributed by atoms with Gasteiger partial charge in [-0.2, -0.15) is 0 Å². The number of ether oxygens (including phenoxy) is 2. The van der Waals surface area contributed by atoms with Gasteiger partial charge in [-0.3, -0.25) is 0 Å². The maximum Gasteiger partial charge on any atom is 0.161 e. The van der Waals surface area contributed by atoms with E-state index in [9.17, 15) is 0 Å². The number of hydrogen-bond donors (Lipinski definition) is 1. The van der Waals surface area contributed by atoms with Crippen LogP contribution < -0.4 is 14.8 Å². The third-order valence-electron chi connectivity index (χ3n) is 4.58. The Labute approximate surface area is 128 Å². The summed E-state index contributed by atoms with van der Waals surface area (Å²) in [6.07, 6.45) is 9.49. The van der Waals surface area contributed by atoms with Crippen LogP contribution in [-0.2, 0) is 6.54 Å². The van der Waals surface area contributed by atoms with Crippen molar-refractivity contribution in [3.05, 3.63) is 23.8 Å². The average molecular weight is 289 g/mol. The summed E-state index contributed by atoms with van der Waals surface area (Å²) in [6.45, 7) is 3.54. The summed E-state index contributed by atoms with van der Waals surface area (Å²) in [5, 5.41) is 3.55. The van der Waals surface area contributed by atoms with E-state index in [1.165, 1.54) is 44.1 Å². The van der Waals surface area contributed by atoms with Crippen LogP contribution in [0.15, 0.2) is 18.2 Å². The fraction of sp³-hybridized carbons (Fsp3) is 0.667. The second-order valence-corrected chi connectivity index (χ2v) is 6.30. The molecule has 1 saturated carbocycles. The molecule has 1 N–H and O–H groups in total. The van der Waals surface area contributed by atoms with E-state index in [2.05, 4.69) is 17.4 Å². The first kappa shape index (κ1) is 14.7. The molecule has 0 saturated heterocycles. The van der Waals surface area contributed by atoms with Crippen LogP contribution in [0.2, 0.25) is 0 Å². The zero-order chi connectivity index (χ0) is 14.3. The van der Waals surface area contributed by atoms with Crippen molar-refractivity contribution in [2.75, 3.05) is 19.8 Å². The molecule has 0 aromatic heterocycles. The van der Waals surface area contributed by atoms with Crippen molar-refractivity contribution in [1.82, 2.24) is 5.32 Å². The standard InChI is InChI=1S/C18H27NO2/c1-2-6-15(5-1)7-3-10-19-14-16-8-9-17-18(13-16)21-12-4-11-20-17/h8-9,13,15,19H,1-7,10-12,14H2. The zero-order valence-electron chi connectivity index (χ0n) is 12.9. The van der Waals surface area contributed by atoms with E-state index in [1.54, 1.807) is 0 Å². The molecule has 1 fully saturated rings. The normalized spacial score (nSPS) is 18.7. The molecule has 1 aromatic carbocycles. The lowest BCUT2D eigenvalue weighted by Gasteiger charge is -2.11. The zero-order valence-corrected chi connectivity index (χ0v) is 12.9. The molecule has 1 heterocycles. The molecule has 1 aliphatic heterocycles. The number of hydrogen-bond acceptors (Lipinski definition) is 3. The van der Waals surface area contributed by atoms with Gasteiger partial charge in [-0.1, -0.05) is 31.7 Å². The Morgan fingerprint density at radius 1 is 1.00 bits per heavy atom. The van der Waals surface area contributed by atoms with Crippen LogP contribution in [-0.4, -0.2) is 19.8 Å². The minimum absolute atomic E-state index is 0.755. The highest BCUT2D eigenvalue weighted by atomic mass is 16.5. The molecule has 3 nitrogen and oxygen atoms in total. The second-order valence-electron chi connectivity index (χ2n) is 6.30. The molecule has 21 heavy (non-hydrogen) atoms. The van der Waals surface area contributed by atoms with E-state index in [-0.39, 0.29) is 0 Å². The molecule has 116 valence electrons. The van der Waals surface area contributed by atoms with Gasteiger partial charge in [0.25, 0.3) is 0 Å². The first-order valence-electron chi connectivity index (χ1n) is 8.51. The van der Waals surface area contributed by atoms with E-state index in [0.717, 1.165) is 50.1 Å². The van der Waals surface area contributed by atoms with Gasteiger partial charge in [0, 0.05) is 13.0 Å². The maximum absolute atomic E-state index is 5.73. The lowest BCUT2D eigenvalue weighted by atomic mass is 10.0. The molecule has 0 spiro atoms. The van der Waals surface area contributed by atoms with Gasteiger partial charge in [-0.15, -0.1) is 0 Å². The lowest BCUT2D eigenvalue weighted by molar-refractivity contribution is 0.297. The van der Waals surface area contributed by atoms with Gasteiger partial charge in [-0.25, -0.2) is 0 Å². The SMILES string of the molecule is c1cc2c(cc1CNCCCC1CCCC1)OCCCO2. The quantitative estimate of drug-likeness (QED) is 0.805. The molecule has 2 aliphatic rings. The van der Waals surface area contributed by atoms with Crippen LogP contribution in [0.25, 0.3) is 0 Å². The molecule has 0 amide bonds. The predicted molar refractivity (Wildman–Crippen MR) is 84.9 cm³/mol. The van der Waals surface area contributed by atoms with Crippen LogP contribution in [0, 0.1) is 5.92 Å². The van der Waals surface area contributed by atoms with Crippen molar-refractivity contribution >= 4 is 0 Å². The molecule has 0 unspecified atom stereocenters. The first-order chi connectivity index (χ1) is 10.4. The molecule has 1 aromatic rings. The fourth-order valence-corrected chi connectivity index (χ4v) is 3.37. The molecular formula is C18H27NO2. The van der Waals surface area contributed by atoms with Crippen LogP contribution >= 0.6 is 0 Å². The minimum Gasteiger partial charge on any atom is -0.490 e. The van der Waals surface area contributed by atoms with Gasteiger partial charge in [0.1, 0.15) is 0 Å². The summed E-state index contributed by atoms with van der Waals surface area (Å²) in [5.41, 5.74) is 1.28. The Morgan fingerprint density at radius 3 is 2.67 bits per heavy atom. The Morgan fingerprint density at radius 2 is 1.81 bits per heavy atom. The van der Waals surface area contributed by atoms with E-state index >= 15 is 0 Å². The second kappa shape index (κ2) is 7.69. The Hall–Kier alpha value is -1.22. The monoisotopic (exact) mass is 289 g/mol. The summed E-state index contributed by atoms with van der Waals surface area (Å²) >= 11 is 0. The number of benzene rings is 1. The van der Waals surface area contributed by atoms with E-state index < -0.39 is 0 Å². The van der Waals surface area contributed by atoms with Gasteiger partial charge < -0.3 is 14.8 Å². The smallest absolute Gasteiger partial charge is 0.161 e. The van der Waals surface area contributed by atoms with Crippen molar-refractivity contribution in [2.45, 2.75) is 51.5 Å². The van der Waals surface area contributed by atoms with E-state index in [4.69, 9.17) is 9.47 Å². The van der Waals surface area contributed by atoms with Gasteiger partial charge >= 0.3 is 0 Å². The highest BCUT2D eigenvalue weighted by molar-refractivity contribution is 5.43. The molecular weight excluding hydrogens is 262 g/mol. The van der Waals surface area contributed by atoms with Crippen molar-refractivity contribution in [2.24, 2.45) is 5.92 Å². The van der Waals surface area contributed by atoms with Crippen LogP contribution in [0.4, 0.5) is 0 Å². The highest BCUT2D eigenvalue weighted by Gasteiger charge is 2.14. The largest absolute Gasteiger partial charge is 0.490 e. The average Bonchev–Trinajstić information content (AvgIpc) is 2.91. The van der Waals surface area contributed by atoms with Gasteiger partial charge in [-0.05, 0) is 43.0 Å². The molecule has 3 rings (SSSR count). The summed E-state index contributed by atoms with van der Waals surface area (Å²) in [7, 11) is 0. The Kier molecular flexibility index (Phi) is 5.39. The highest BCUT2D eigenvalue weighted by Crippen LogP contribution is 2.30. The van der Waals surface area contributed by atoms with E-state index in [0.29, 0.717) is 0 Å². The van der Waals surface area contributed by atoms with Crippen LogP contribution in [0.1, 0.15) is 50.5 Å². The topological polar surface area (TPSA) is 30.5 Å². The van der Waals surface area contributed by atoms with Crippen LogP contribution in [0.5, 0.6) is 11.5 Å². The third kappa shape index (κ3) is 4.37. The van der Waals surface area contributed by atoms with E-state index in [1.807, 2.05) is 6.07 Å². The Balaban J connectivity index is 1.39. The van der Waals surface area contributed by atoms with Gasteiger partial charge in [0.2, 0.25) is 0 Å². The fourth-order valence-electron chi connectivity index (χ4n) is 3.37. The molecule has 1 aliphatic carbocycles. The summed E-state index contributed by atoms with van der Waals surface area (Å²) in [4.78, 5) is 0. The minimum atomic E-state index is 0.755.